The van der Waals surface area contributed by atoms with Crippen molar-refractivity contribution in [3.63, 3.8) is 0 Å². The van der Waals surface area contributed by atoms with Crippen molar-refractivity contribution in [1.29, 1.82) is 0 Å². The molecule has 1 nitrogen and oxygen atoms in total. The molecular weight excluding hydrogens is 160 g/mol. The Hall–Kier alpha value is -1.50. The first-order chi connectivity index (χ1) is 6.36. The Labute approximate surface area is 78.0 Å². The lowest BCUT2D eigenvalue weighted by atomic mass is 9.99. The summed E-state index contributed by atoms with van der Waals surface area (Å²) in [4.78, 5) is 0. The van der Waals surface area contributed by atoms with E-state index in [0.717, 1.165) is 12.8 Å². The van der Waals surface area contributed by atoms with E-state index in [1.54, 1.807) is 6.07 Å². The molecule has 0 amide bonds. The first-order valence-electron chi connectivity index (χ1n) is 4.49. The van der Waals surface area contributed by atoms with Gasteiger partial charge in [-0.1, -0.05) is 30.4 Å². The molecule has 0 saturated heterocycles. The summed E-state index contributed by atoms with van der Waals surface area (Å²) in [5.74, 6) is 0.358. The molecule has 0 bridgehead atoms. The molecule has 0 radical (unpaired) electrons. The van der Waals surface area contributed by atoms with Gasteiger partial charge in [0, 0.05) is 0 Å². The van der Waals surface area contributed by atoms with Gasteiger partial charge in [0.25, 0.3) is 0 Å². The fraction of sp³-hybridized carbons (Fsp3) is 0.167. The van der Waals surface area contributed by atoms with Gasteiger partial charge in [-0.05, 0) is 36.1 Å². The molecule has 0 spiro atoms. The zero-order valence-electron chi connectivity index (χ0n) is 7.40. The van der Waals surface area contributed by atoms with Crippen molar-refractivity contribution in [2.75, 3.05) is 0 Å². The monoisotopic (exact) mass is 172 g/mol. The number of rotatable bonds is 0. The van der Waals surface area contributed by atoms with Crippen LogP contribution in [0, 0.1) is 0 Å². The first-order valence-corrected chi connectivity index (χ1v) is 4.49. The highest BCUT2D eigenvalue weighted by atomic mass is 16.3. The summed E-state index contributed by atoms with van der Waals surface area (Å²) in [5.41, 5.74) is 2.53. The number of hydrogen-bond donors (Lipinski definition) is 1. The molecule has 0 aromatic heterocycles. The highest BCUT2D eigenvalue weighted by molar-refractivity contribution is 5.38. The number of aromatic hydroxyl groups is 1. The Bertz CT molecular complexity index is 361. The molecule has 13 heavy (non-hydrogen) atoms. The van der Waals surface area contributed by atoms with Crippen molar-refractivity contribution in [3.8, 4) is 5.75 Å². The third kappa shape index (κ3) is 1.81. The Morgan fingerprint density at radius 2 is 1.62 bits per heavy atom. The van der Waals surface area contributed by atoms with Crippen LogP contribution in [0.2, 0.25) is 0 Å². The molecule has 2 rings (SSSR count). The maximum absolute atomic E-state index is 9.31. The minimum Gasteiger partial charge on any atom is -0.508 e. The Morgan fingerprint density at radius 3 is 2.38 bits per heavy atom. The lowest BCUT2D eigenvalue weighted by molar-refractivity contribution is 0.474. The molecule has 66 valence electrons. The van der Waals surface area contributed by atoms with Gasteiger partial charge in [0.2, 0.25) is 0 Å². The highest BCUT2D eigenvalue weighted by Gasteiger charge is 2.01. The van der Waals surface area contributed by atoms with Gasteiger partial charge in [-0.15, -0.1) is 0 Å². The van der Waals surface area contributed by atoms with Gasteiger partial charge < -0.3 is 5.11 Å². The van der Waals surface area contributed by atoms with Crippen molar-refractivity contribution in [2.24, 2.45) is 0 Å². The van der Waals surface area contributed by atoms with Crippen molar-refractivity contribution in [1.82, 2.24) is 0 Å². The smallest absolute Gasteiger partial charge is 0.115 e. The van der Waals surface area contributed by atoms with Crippen LogP contribution in [0.25, 0.3) is 0 Å². The summed E-state index contributed by atoms with van der Waals surface area (Å²) < 4.78 is 0. The number of phenols is 1. The second-order valence-corrected chi connectivity index (χ2v) is 3.22. The molecule has 0 atom stereocenters. The van der Waals surface area contributed by atoms with Gasteiger partial charge in [-0.2, -0.15) is 0 Å². The lowest BCUT2D eigenvalue weighted by Gasteiger charge is -2.07. The van der Waals surface area contributed by atoms with E-state index in [2.05, 4.69) is 18.2 Å². The van der Waals surface area contributed by atoms with Gasteiger partial charge in [0.15, 0.2) is 0 Å². The third-order valence-electron chi connectivity index (χ3n) is 2.25. The van der Waals surface area contributed by atoms with Crippen LogP contribution < -0.4 is 0 Å². The molecular formula is C12H12O. The van der Waals surface area contributed by atoms with Gasteiger partial charge >= 0.3 is 0 Å². The van der Waals surface area contributed by atoms with E-state index in [-0.39, 0.29) is 0 Å². The van der Waals surface area contributed by atoms with Crippen LogP contribution in [0.5, 0.6) is 5.75 Å². The van der Waals surface area contributed by atoms with Crippen molar-refractivity contribution in [2.45, 2.75) is 12.8 Å². The second kappa shape index (κ2) is 3.48. The fourth-order valence-corrected chi connectivity index (χ4v) is 1.55. The normalized spacial score (nSPS) is 14.8. The molecule has 1 aromatic carbocycles. The van der Waals surface area contributed by atoms with E-state index in [1.807, 2.05) is 18.2 Å². The fourth-order valence-electron chi connectivity index (χ4n) is 1.55. The summed E-state index contributed by atoms with van der Waals surface area (Å²) in [7, 11) is 0. The number of phenolic OH excluding ortho intramolecular Hbond substituents is 1. The number of allylic oxidation sites excluding steroid dienone is 4. The minimum atomic E-state index is 0.358. The van der Waals surface area contributed by atoms with Gasteiger partial charge in [-0.3, -0.25) is 0 Å². The largest absolute Gasteiger partial charge is 0.508 e. The molecule has 0 fully saturated rings. The maximum atomic E-state index is 9.31. The number of fused-ring (bicyclic) bond motifs is 1. The van der Waals surface area contributed by atoms with Crippen LogP contribution in [0.1, 0.15) is 11.1 Å². The van der Waals surface area contributed by atoms with Crippen LogP contribution >= 0.6 is 0 Å². The van der Waals surface area contributed by atoms with E-state index in [0.29, 0.717) is 5.75 Å². The van der Waals surface area contributed by atoms with E-state index in [1.165, 1.54) is 11.1 Å². The van der Waals surface area contributed by atoms with Crippen LogP contribution in [0.15, 0.2) is 42.5 Å². The van der Waals surface area contributed by atoms with Crippen LogP contribution in [0.4, 0.5) is 0 Å². The van der Waals surface area contributed by atoms with Crippen LogP contribution in [-0.2, 0) is 12.8 Å². The zero-order valence-corrected chi connectivity index (χ0v) is 7.40. The van der Waals surface area contributed by atoms with Gasteiger partial charge in [0.1, 0.15) is 5.75 Å². The van der Waals surface area contributed by atoms with E-state index >= 15 is 0 Å². The first kappa shape index (κ1) is 8.11. The summed E-state index contributed by atoms with van der Waals surface area (Å²) >= 11 is 0. The summed E-state index contributed by atoms with van der Waals surface area (Å²) in [6.45, 7) is 0. The Morgan fingerprint density at radius 1 is 0.923 bits per heavy atom. The van der Waals surface area contributed by atoms with Crippen LogP contribution in [-0.4, -0.2) is 5.11 Å². The van der Waals surface area contributed by atoms with Crippen molar-refractivity contribution >= 4 is 0 Å². The van der Waals surface area contributed by atoms with Gasteiger partial charge in [-0.25, -0.2) is 0 Å². The second-order valence-electron chi connectivity index (χ2n) is 3.22. The van der Waals surface area contributed by atoms with Crippen molar-refractivity contribution < 1.29 is 5.11 Å². The molecule has 1 aromatic rings. The standard InChI is InChI=1S/C12H12O/c13-12-8-7-10-5-3-1-2-4-6-11(10)9-12/h1-4,7-9,13H,5-6H2. The minimum absolute atomic E-state index is 0.358. The summed E-state index contributed by atoms with van der Waals surface area (Å²) in [6.07, 6.45) is 10.2. The average molecular weight is 172 g/mol. The predicted molar refractivity (Wildman–Crippen MR) is 53.8 cm³/mol. The van der Waals surface area contributed by atoms with E-state index in [9.17, 15) is 5.11 Å². The molecule has 1 aliphatic carbocycles. The average Bonchev–Trinajstić information content (AvgIpc) is 2.08. The Kier molecular flexibility index (Phi) is 2.17. The molecule has 0 aliphatic heterocycles. The molecule has 1 heteroatoms. The third-order valence-corrected chi connectivity index (χ3v) is 2.25. The predicted octanol–water partition coefficient (Wildman–Crippen LogP) is 2.60. The van der Waals surface area contributed by atoms with Crippen LogP contribution in [0.3, 0.4) is 0 Å². The molecule has 0 unspecified atom stereocenters. The number of benzene rings is 1. The van der Waals surface area contributed by atoms with E-state index in [4.69, 9.17) is 0 Å². The number of hydrogen-bond acceptors (Lipinski definition) is 1. The highest BCUT2D eigenvalue weighted by Crippen LogP contribution is 2.19. The summed E-state index contributed by atoms with van der Waals surface area (Å²) in [6, 6.07) is 5.59. The quantitative estimate of drug-likeness (QED) is 0.637. The summed E-state index contributed by atoms with van der Waals surface area (Å²) in [5, 5.41) is 9.31. The zero-order chi connectivity index (χ0) is 9.10. The molecule has 0 heterocycles. The Balaban J connectivity index is 2.43. The van der Waals surface area contributed by atoms with E-state index < -0.39 is 0 Å². The van der Waals surface area contributed by atoms with Crippen molar-refractivity contribution in [3.05, 3.63) is 53.6 Å². The molecule has 0 saturated carbocycles. The van der Waals surface area contributed by atoms with Gasteiger partial charge in [0.05, 0.1) is 0 Å². The topological polar surface area (TPSA) is 20.2 Å². The molecule has 1 aliphatic rings. The SMILES string of the molecule is Oc1ccc2c(c1)CC=CC=CC2. The maximum Gasteiger partial charge on any atom is 0.115 e. The lowest BCUT2D eigenvalue weighted by Crippen LogP contribution is -1.92. The molecule has 1 N–H and O–H groups in total.